The number of carbonyl (C=O) groups excluding carboxylic acids is 1. The number of aliphatic hydroxyl groups is 1. The van der Waals surface area contributed by atoms with Crippen molar-refractivity contribution in [3.8, 4) is 0 Å². The smallest absolute Gasteiger partial charge is 0.277 e. The third kappa shape index (κ3) is 3.45. The van der Waals surface area contributed by atoms with Crippen LogP contribution in [0.1, 0.15) is 41.6 Å². The summed E-state index contributed by atoms with van der Waals surface area (Å²) in [4.78, 5) is 12.0. The lowest BCUT2D eigenvalue weighted by Crippen LogP contribution is -2.12. The molecule has 0 atom stereocenters. The maximum Gasteiger partial charge on any atom is 0.277 e. The Morgan fingerprint density at radius 1 is 1.35 bits per heavy atom. The molecular weight excluding hydrogens is 256 g/mol. The Kier molecular flexibility index (Phi) is 4.53. The van der Waals surface area contributed by atoms with E-state index >= 15 is 0 Å². The number of hydrogen-bond acceptors (Lipinski definition) is 4. The highest BCUT2D eigenvalue weighted by Gasteiger charge is 2.14. The fourth-order valence-electron chi connectivity index (χ4n) is 1.75. The second kappa shape index (κ2) is 6.34. The summed E-state index contributed by atoms with van der Waals surface area (Å²) in [5.74, 6) is 0.589. The van der Waals surface area contributed by atoms with E-state index in [9.17, 15) is 4.79 Å². The van der Waals surface area contributed by atoms with Crippen molar-refractivity contribution in [1.29, 1.82) is 0 Å². The van der Waals surface area contributed by atoms with Crippen LogP contribution in [0.3, 0.4) is 0 Å². The first-order chi connectivity index (χ1) is 9.60. The molecule has 2 aromatic rings. The number of carbonyl (C=O) groups is 1. The van der Waals surface area contributed by atoms with Crippen LogP contribution in [-0.4, -0.2) is 22.8 Å². The second-order valence-corrected chi connectivity index (χ2v) is 4.89. The molecule has 0 saturated carbocycles. The molecule has 1 aromatic carbocycles. The van der Waals surface area contributed by atoms with Gasteiger partial charge in [-0.05, 0) is 24.1 Å². The Hall–Kier alpha value is -2.14. The monoisotopic (exact) mass is 274 g/mol. The third-order valence-electron chi connectivity index (χ3n) is 2.94. The van der Waals surface area contributed by atoms with Crippen LogP contribution < -0.4 is 5.32 Å². The second-order valence-electron chi connectivity index (χ2n) is 4.89. The molecular formula is C15H18N2O3. The molecule has 5 nitrogen and oxygen atoms in total. The van der Waals surface area contributed by atoms with Gasteiger partial charge in [0.05, 0.1) is 0 Å². The summed E-state index contributed by atoms with van der Waals surface area (Å²) in [6, 6.07) is 8.99. The van der Waals surface area contributed by atoms with E-state index in [0.717, 1.165) is 5.56 Å². The van der Waals surface area contributed by atoms with Gasteiger partial charge in [-0.25, -0.2) is 0 Å². The van der Waals surface area contributed by atoms with Crippen molar-refractivity contribution in [2.24, 2.45) is 0 Å². The number of hydrogen-bond donors (Lipinski definition) is 2. The van der Waals surface area contributed by atoms with E-state index in [0.29, 0.717) is 17.9 Å². The fraction of sp³-hybridized carbons (Fsp3) is 0.333. The average molecular weight is 274 g/mol. The van der Waals surface area contributed by atoms with E-state index in [1.807, 2.05) is 26.0 Å². The van der Waals surface area contributed by atoms with Gasteiger partial charge in [-0.15, -0.1) is 0 Å². The Labute approximate surface area is 117 Å². The van der Waals surface area contributed by atoms with Gasteiger partial charge in [-0.3, -0.25) is 4.79 Å². The largest absolute Gasteiger partial charge is 0.396 e. The summed E-state index contributed by atoms with van der Waals surface area (Å²) in [6.07, 6.45) is 0.606. The van der Waals surface area contributed by atoms with Crippen LogP contribution in [0.15, 0.2) is 34.9 Å². The zero-order valence-electron chi connectivity index (χ0n) is 11.6. The van der Waals surface area contributed by atoms with Crippen LogP contribution in [0.4, 0.5) is 5.69 Å². The molecule has 0 radical (unpaired) electrons. The normalized spacial score (nSPS) is 10.8. The van der Waals surface area contributed by atoms with E-state index in [1.165, 1.54) is 0 Å². The minimum atomic E-state index is -0.296. The van der Waals surface area contributed by atoms with Crippen LogP contribution in [-0.2, 0) is 6.42 Å². The van der Waals surface area contributed by atoms with Gasteiger partial charge >= 0.3 is 0 Å². The molecule has 0 aliphatic carbocycles. The highest BCUT2D eigenvalue weighted by molar-refractivity contribution is 6.02. The summed E-state index contributed by atoms with van der Waals surface area (Å²) in [5, 5.41) is 15.4. The number of aromatic nitrogens is 1. The van der Waals surface area contributed by atoms with Gasteiger partial charge in [0.1, 0.15) is 5.76 Å². The maximum atomic E-state index is 12.0. The Morgan fingerprint density at radius 3 is 2.60 bits per heavy atom. The predicted molar refractivity (Wildman–Crippen MR) is 75.8 cm³/mol. The summed E-state index contributed by atoms with van der Waals surface area (Å²) in [7, 11) is 0. The minimum Gasteiger partial charge on any atom is -0.396 e. The van der Waals surface area contributed by atoms with E-state index in [2.05, 4.69) is 10.5 Å². The topological polar surface area (TPSA) is 75.4 Å². The minimum absolute atomic E-state index is 0.114. The number of aliphatic hydroxyl groups excluding tert-OH is 1. The SMILES string of the molecule is CC(C)c1cc(C(=O)Nc2ccc(CCO)cc2)no1. The van der Waals surface area contributed by atoms with Crippen LogP contribution in [0.5, 0.6) is 0 Å². The fourth-order valence-corrected chi connectivity index (χ4v) is 1.75. The molecule has 1 heterocycles. The molecule has 1 aromatic heterocycles. The standard InChI is InChI=1S/C15H18N2O3/c1-10(2)14-9-13(17-20-14)15(19)16-12-5-3-11(4-6-12)7-8-18/h3-6,9-10,18H,7-8H2,1-2H3,(H,16,19). The molecule has 0 aliphatic rings. The molecule has 1 amide bonds. The Balaban J connectivity index is 2.03. The molecule has 0 spiro atoms. The number of amides is 1. The average Bonchev–Trinajstić information content (AvgIpc) is 2.91. The van der Waals surface area contributed by atoms with Crippen molar-refractivity contribution in [2.75, 3.05) is 11.9 Å². The van der Waals surface area contributed by atoms with E-state index in [1.54, 1.807) is 18.2 Å². The quantitative estimate of drug-likeness (QED) is 0.878. The van der Waals surface area contributed by atoms with Gasteiger partial charge in [-0.2, -0.15) is 0 Å². The van der Waals surface area contributed by atoms with Crippen molar-refractivity contribution >= 4 is 11.6 Å². The van der Waals surface area contributed by atoms with E-state index in [-0.39, 0.29) is 24.1 Å². The summed E-state index contributed by atoms with van der Waals surface area (Å²) >= 11 is 0. The van der Waals surface area contributed by atoms with Crippen LogP contribution >= 0.6 is 0 Å². The lowest BCUT2D eigenvalue weighted by molar-refractivity contribution is 0.101. The number of nitrogens with zero attached hydrogens (tertiary/aromatic N) is 1. The first-order valence-corrected chi connectivity index (χ1v) is 6.58. The van der Waals surface area contributed by atoms with Crippen LogP contribution in [0, 0.1) is 0 Å². The van der Waals surface area contributed by atoms with Crippen molar-refractivity contribution < 1.29 is 14.4 Å². The number of rotatable bonds is 5. The maximum absolute atomic E-state index is 12.0. The number of nitrogens with one attached hydrogen (secondary N) is 1. The van der Waals surface area contributed by atoms with E-state index in [4.69, 9.17) is 9.63 Å². The van der Waals surface area contributed by atoms with Gasteiger partial charge in [0.25, 0.3) is 5.91 Å². The highest BCUT2D eigenvalue weighted by atomic mass is 16.5. The van der Waals surface area contributed by atoms with Crippen molar-refractivity contribution in [3.63, 3.8) is 0 Å². The summed E-state index contributed by atoms with van der Waals surface area (Å²) < 4.78 is 5.10. The lowest BCUT2D eigenvalue weighted by Gasteiger charge is -2.04. The van der Waals surface area contributed by atoms with E-state index < -0.39 is 0 Å². The first kappa shape index (κ1) is 14.3. The van der Waals surface area contributed by atoms with Crippen LogP contribution in [0.25, 0.3) is 0 Å². The molecule has 2 N–H and O–H groups in total. The molecule has 0 fully saturated rings. The predicted octanol–water partition coefficient (Wildman–Crippen LogP) is 2.59. The van der Waals surface area contributed by atoms with Gasteiger partial charge < -0.3 is 14.9 Å². The molecule has 20 heavy (non-hydrogen) atoms. The summed E-state index contributed by atoms with van der Waals surface area (Å²) in [6.45, 7) is 4.06. The zero-order chi connectivity index (χ0) is 14.5. The van der Waals surface area contributed by atoms with Gasteiger partial charge in [-0.1, -0.05) is 31.1 Å². The molecule has 0 saturated heterocycles. The number of anilines is 1. The molecule has 0 unspecified atom stereocenters. The molecule has 106 valence electrons. The third-order valence-corrected chi connectivity index (χ3v) is 2.94. The summed E-state index contributed by atoms with van der Waals surface area (Å²) in [5.41, 5.74) is 1.98. The van der Waals surface area contributed by atoms with Gasteiger partial charge in [0.15, 0.2) is 5.69 Å². The zero-order valence-corrected chi connectivity index (χ0v) is 11.6. The van der Waals surface area contributed by atoms with Crippen LogP contribution in [0.2, 0.25) is 0 Å². The van der Waals surface area contributed by atoms with Crippen molar-refractivity contribution in [1.82, 2.24) is 5.16 Å². The van der Waals surface area contributed by atoms with Gasteiger partial charge in [0, 0.05) is 24.3 Å². The number of benzene rings is 1. The molecule has 0 bridgehead atoms. The lowest BCUT2D eigenvalue weighted by atomic mass is 10.1. The van der Waals surface area contributed by atoms with Gasteiger partial charge in [0.2, 0.25) is 0 Å². The molecule has 2 rings (SSSR count). The highest BCUT2D eigenvalue weighted by Crippen LogP contribution is 2.16. The first-order valence-electron chi connectivity index (χ1n) is 6.58. The van der Waals surface area contributed by atoms with Crippen molar-refractivity contribution in [2.45, 2.75) is 26.2 Å². The Morgan fingerprint density at radius 2 is 2.05 bits per heavy atom. The molecule has 0 aliphatic heterocycles. The van der Waals surface area contributed by atoms with Crippen molar-refractivity contribution in [3.05, 3.63) is 47.3 Å². The molecule has 5 heteroatoms. The Bertz CT molecular complexity index is 573.